The molecule has 0 aromatic heterocycles. The van der Waals surface area contributed by atoms with Crippen molar-refractivity contribution in [1.82, 2.24) is 0 Å². The van der Waals surface area contributed by atoms with Crippen LogP contribution in [0, 0.1) is 17.8 Å². The topological polar surface area (TPSA) is 355 Å². The van der Waals surface area contributed by atoms with Crippen LogP contribution in [-0.2, 0) is 28.5 Å². The maximum absolute atomic E-state index is 12.8. The molecular formula is C32H61N5O14. The number of aliphatic hydroxyl groups is 8. The zero-order valence-corrected chi connectivity index (χ0v) is 29.0. The Morgan fingerprint density at radius 1 is 0.765 bits per heavy atom. The Bertz CT molecular complexity index is 1080. The molecule has 4 fully saturated rings. The van der Waals surface area contributed by atoms with Crippen molar-refractivity contribution < 1.29 is 69.3 Å². The molecule has 0 bridgehead atoms. The zero-order valence-electron chi connectivity index (χ0n) is 29.0. The largest absolute Gasteiger partial charge is 0.394 e. The third-order valence-corrected chi connectivity index (χ3v) is 11.0. The lowest BCUT2D eigenvalue weighted by Crippen LogP contribution is -2.65. The van der Waals surface area contributed by atoms with Gasteiger partial charge in [0.2, 0.25) is 0 Å². The molecule has 2 aliphatic carbocycles. The number of ketones is 1. The first-order chi connectivity index (χ1) is 24.2. The Labute approximate surface area is 297 Å². The number of carbonyl (C=O) groups excluding carboxylic acids is 1. The minimum Gasteiger partial charge on any atom is -0.394 e. The van der Waals surface area contributed by atoms with E-state index in [1.807, 2.05) is 6.92 Å². The Morgan fingerprint density at radius 3 is 2.02 bits per heavy atom. The number of hydrogen-bond acceptors (Lipinski definition) is 19. The summed E-state index contributed by atoms with van der Waals surface area (Å²) in [5.74, 6) is -2.45. The number of ether oxygens (including phenoxy) is 5. The summed E-state index contributed by atoms with van der Waals surface area (Å²) in [5.41, 5.74) is 30.4. The van der Waals surface area contributed by atoms with Gasteiger partial charge in [0.15, 0.2) is 18.4 Å². The second kappa shape index (κ2) is 19.0. The van der Waals surface area contributed by atoms with Crippen molar-refractivity contribution in [2.24, 2.45) is 46.4 Å². The van der Waals surface area contributed by atoms with Crippen molar-refractivity contribution in [3.05, 3.63) is 0 Å². The lowest BCUT2D eigenvalue weighted by Gasteiger charge is -2.48. The van der Waals surface area contributed by atoms with E-state index in [-0.39, 0.29) is 38.8 Å². The Balaban J connectivity index is 1.58. The number of carbonyl (C=O) groups is 1. The first-order valence-corrected chi connectivity index (χ1v) is 18.0. The average molecular weight is 740 g/mol. The summed E-state index contributed by atoms with van der Waals surface area (Å²) in [5, 5.41) is 85.5. The maximum atomic E-state index is 12.8. The van der Waals surface area contributed by atoms with E-state index < -0.39 is 141 Å². The monoisotopic (exact) mass is 739 g/mol. The SMILES string of the molecule is CCC[C@@H]1C(CO)O[C@H](O[C@@H]2C(N)C[C@@H](CC(=O)[C@@H](O)CCN)C(O)[C@H]2O[C@@H]2O[C@H](CO)[C@H](O[C@H]3C[C@@H](CN)[C@@H](O)C(O)C3N)C2O)[C@@H](N)C1O. The second-order valence-corrected chi connectivity index (χ2v) is 14.5. The van der Waals surface area contributed by atoms with Gasteiger partial charge in [-0.2, -0.15) is 0 Å². The molecule has 4 aliphatic rings. The van der Waals surface area contributed by atoms with Gasteiger partial charge >= 0.3 is 0 Å². The summed E-state index contributed by atoms with van der Waals surface area (Å²) in [7, 11) is 0. The molecule has 0 amide bonds. The molecule has 20 atom stereocenters. The fourth-order valence-corrected chi connectivity index (χ4v) is 7.95. The van der Waals surface area contributed by atoms with Crippen LogP contribution in [-0.4, -0.2) is 177 Å². The fourth-order valence-electron chi connectivity index (χ4n) is 7.95. The van der Waals surface area contributed by atoms with Crippen molar-refractivity contribution in [1.29, 1.82) is 0 Å². The minimum absolute atomic E-state index is 0.0162. The van der Waals surface area contributed by atoms with E-state index in [1.165, 1.54) is 0 Å². The van der Waals surface area contributed by atoms with Crippen LogP contribution >= 0.6 is 0 Å². The van der Waals surface area contributed by atoms with Gasteiger partial charge in [-0.3, -0.25) is 4.79 Å². The molecule has 0 aromatic carbocycles. The second-order valence-electron chi connectivity index (χ2n) is 14.5. The average Bonchev–Trinajstić information content (AvgIpc) is 3.41. The van der Waals surface area contributed by atoms with Gasteiger partial charge < -0.3 is 93.2 Å². The summed E-state index contributed by atoms with van der Waals surface area (Å²) in [6.07, 6.45) is -16.7. The standard InChI is InChI=1S/C32H61N5O14/c1-2-3-14-19(10-38)48-31(22(37)25(14)44)50-28-15(35)6-12(7-17(41)16(40)4-5-33)24(43)30(28)51-32-27(46)29(20(11-39)49-32)47-18-8-13(9-34)23(42)26(45)21(18)36/h12-16,18-32,38-40,42-46H,2-11,33-37H2,1H3/t12-,13-,14+,15?,16-,18-,19?,20+,21?,22-,23+,24?,25?,26?,27?,28+,29-,30+,31+,32-/m0/s1. The number of hydrogen-bond donors (Lipinski definition) is 13. The molecule has 0 spiro atoms. The van der Waals surface area contributed by atoms with Crippen LogP contribution in [0.3, 0.4) is 0 Å². The van der Waals surface area contributed by atoms with E-state index in [0.717, 1.165) is 0 Å². The van der Waals surface area contributed by atoms with Gasteiger partial charge in [-0.05, 0) is 44.7 Å². The van der Waals surface area contributed by atoms with Gasteiger partial charge in [0.25, 0.3) is 0 Å². The van der Waals surface area contributed by atoms with Gasteiger partial charge in [-0.15, -0.1) is 0 Å². The third kappa shape index (κ3) is 9.43. The molecule has 7 unspecified atom stereocenters. The minimum atomic E-state index is -1.60. The van der Waals surface area contributed by atoms with Crippen LogP contribution in [0.5, 0.6) is 0 Å². The van der Waals surface area contributed by atoms with Crippen LogP contribution in [0.4, 0.5) is 0 Å². The van der Waals surface area contributed by atoms with E-state index in [1.54, 1.807) is 0 Å². The van der Waals surface area contributed by atoms with E-state index in [0.29, 0.717) is 12.8 Å². The summed E-state index contributed by atoms with van der Waals surface area (Å²) < 4.78 is 30.4. The molecule has 19 nitrogen and oxygen atoms in total. The molecule has 2 aliphatic heterocycles. The molecule has 0 radical (unpaired) electrons. The van der Waals surface area contributed by atoms with Crippen molar-refractivity contribution in [2.45, 2.75) is 149 Å². The molecule has 19 heteroatoms. The molecule has 2 heterocycles. The molecular weight excluding hydrogens is 678 g/mol. The predicted molar refractivity (Wildman–Crippen MR) is 177 cm³/mol. The molecule has 298 valence electrons. The van der Waals surface area contributed by atoms with E-state index >= 15 is 0 Å². The molecule has 51 heavy (non-hydrogen) atoms. The van der Waals surface area contributed by atoms with Gasteiger partial charge in [0.1, 0.15) is 36.6 Å². The highest BCUT2D eigenvalue weighted by Gasteiger charge is 2.54. The lowest BCUT2D eigenvalue weighted by atomic mass is 9.76. The van der Waals surface area contributed by atoms with Crippen LogP contribution in [0.15, 0.2) is 0 Å². The number of aliphatic hydroxyl groups excluding tert-OH is 8. The summed E-state index contributed by atoms with van der Waals surface area (Å²) in [6, 6.07) is -3.10. The fraction of sp³-hybridized carbons (Fsp3) is 0.969. The molecule has 2 saturated carbocycles. The van der Waals surface area contributed by atoms with Crippen LogP contribution in [0.1, 0.15) is 45.4 Å². The summed E-state index contributed by atoms with van der Waals surface area (Å²) in [6.45, 7) is 0.943. The van der Waals surface area contributed by atoms with Crippen molar-refractivity contribution >= 4 is 5.78 Å². The molecule has 18 N–H and O–H groups in total. The number of rotatable bonds is 16. The van der Waals surface area contributed by atoms with Gasteiger partial charge in [-0.25, -0.2) is 0 Å². The smallest absolute Gasteiger partial charge is 0.187 e. The quantitative estimate of drug-likeness (QED) is 0.0700. The lowest BCUT2D eigenvalue weighted by molar-refractivity contribution is -0.308. The van der Waals surface area contributed by atoms with Crippen LogP contribution in [0.25, 0.3) is 0 Å². The Morgan fingerprint density at radius 2 is 1.41 bits per heavy atom. The summed E-state index contributed by atoms with van der Waals surface area (Å²) >= 11 is 0. The highest BCUT2D eigenvalue weighted by atomic mass is 16.7. The first kappa shape index (κ1) is 42.7. The zero-order chi connectivity index (χ0) is 37.7. The summed E-state index contributed by atoms with van der Waals surface area (Å²) in [4.78, 5) is 12.8. The Hall–Kier alpha value is -1.05. The normalized spacial score (nSPS) is 47.0. The highest BCUT2D eigenvalue weighted by molar-refractivity contribution is 5.83. The molecule has 2 saturated heterocycles. The van der Waals surface area contributed by atoms with E-state index in [2.05, 4.69) is 0 Å². The van der Waals surface area contributed by atoms with E-state index in [9.17, 15) is 45.6 Å². The van der Waals surface area contributed by atoms with E-state index in [4.69, 9.17) is 52.4 Å². The van der Waals surface area contributed by atoms with Crippen molar-refractivity contribution in [2.75, 3.05) is 26.3 Å². The third-order valence-electron chi connectivity index (χ3n) is 11.0. The van der Waals surface area contributed by atoms with Gasteiger partial charge in [0, 0.05) is 24.3 Å². The predicted octanol–water partition coefficient (Wildman–Crippen LogP) is -6.18. The van der Waals surface area contributed by atoms with Crippen molar-refractivity contribution in [3.63, 3.8) is 0 Å². The van der Waals surface area contributed by atoms with Crippen molar-refractivity contribution in [3.8, 4) is 0 Å². The van der Waals surface area contributed by atoms with Gasteiger partial charge in [0.05, 0.1) is 61.9 Å². The Kier molecular flexibility index (Phi) is 15.9. The van der Waals surface area contributed by atoms with Gasteiger partial charge in [-0.1, -0.05) is 13.3 Å². The molecule has 0 aromatic rings. The van der Waals surface area contributed by atoms with Crippen LogP contribution in [0.2, 0.25) is 0 Å². The number of Topliss-reactive ketones (excluding diaryl/α,β-unsaturated/α-hetero) is 1. The first-order valence-electron chi connectivity index (χ1n) is 18.0. The molecule has 4 rings (SSSR count). The van der Waals surface area contributed by atoms with Crippen LogP contribution < -0.4 is 28.7 Å². The number of nitrogens with two attached hydrogens (primary N) is 5. The maximum Gasteiger partial charge on any atom is 0.187 e. The highest BCUT2D eigenvalue weighted by Crippen LogP contribution is 2.38.